The monoisotopic (exact) mass is 490 g/mol. The number of thiophene rings is 1. The first-order chi connectivity index (χ1) is 15.4. The quantitative estimate of drug-likeness (QED) is 0.591. The number of likely N-dealkylation sites (tertiary alicyclic amines) is 1. The van der Waals surface area contributed by atoms with Gasteiger partial charge in [-0.05, 0) is 55.3 Å². The van der Waals surface area contributed by atoms with Crippen molar-refractivity contribution in [2.24, 2.45) is 0 Å². The molecule has 2 fully saturated rings. The molecule has 1 N–H and O–H groups in total. The average Bonchev–Trinajstić information content (AvgIpc) is 3.58. The van der Waals surface area contributed by atoms with Gasteiger partial charge in [0.2, 0.25) is 15.9 Å². The van der Waals surface area contributed by atoms with Gasteiger partial charge in [-0.3, -0.25) is 9.59 Å². The standard InChI is InChI=1S/C21H22N4O4S3/c26-19(16-5-3-11-25(16)20(27)17-6-4-12-30-17)23-21-22-15-8-7-14(13-18(15)31-21)32(28,29)24-9-1-2-10-24/h4,6-8,12-13,16H,1-3,5,9-11H2,(H,22,23,26)/t16-/m0/s1. The van der Waals surface area contributed by atoms with Gasteiger partial charge in [0, 0.05) is 19.6 Å². The van der Waals surface area contributed by atoms with E-state index in [0.29, 0.717) is 46.3 Å². The Morgan fingerprint density at radius 2 is 1.91 bits per heavy atom. The number of hydrogen-bond acceptors (Lipinski definition) is 7. The van der Waals surface area contributed by atoms with Gasteiger partial charge in [-0.15, -0.1) is 11.3 Å². The third-order valence-electron chi connectivity index (χ3n) is 5.84. The molecule has 0 aliphatic carbocycles. The van der Waals surface area contributed by atoms with E-state index in [2.05, 4.69) is 10.3 Å². The zero-order chi connectivity index (χ0) is 22.3. The minimum atomic E-state index is -3.51. The molecule has 0 bridgehead atoms. The Kier molecular flexibility index (Phi) is 5.74. The van der Waals surface area contributed by atoms with Gasteiger partial charge in [0.1, 0.15) is 6.04 Å². The Hall–Kier alpha value is -2.34. The number of carbonyl (C=O) groups is 2. The highest BCUT2D eigenvalue weighted by atomic mass is 32.2. The Morgan fingerprint density at radius 1 is 1.09 bits per heavy atom. The van der Waals surface area contributed by atoms with Gasteiger partial charge >= 0.3 is 0 Å². The van der Waals surface area contributed by atoms with Gasteiger partial charge < -0.3 is 10.2 Å². The predicted octanol–water partition coefficient (Wildman–Crippen LogP) is 3.39. The summed E-state index contributed by atoms with van der Waals surface area (Å²) in [4.78, 5) is 32.6. The molecule has 11 heteroatoms. The van der Waals surface area contributed by atoms with Crippen LogP contribution in [0.3, 0.4) is 0 Å². The van der Waals surface area contributed by atoms with Crippen molar-refractivity contribution in [3.63, 3.8) is 0 Å². The van der Waals surface area contributed by atoms with E-state index in [0.717, 1.165) is 19.3 Å². The number of benzene rings is 1. The van der Waals surface area contributed by atoms with Crippen LogP contribution in [0.2, 0.25) is 0 Å². The fourth-order valence-electron chi connectivity index (χ4n) is 4.21. The van der Waals surface area contributed by atoms with Crippen LogP contribution in [-0.2, 0) is 14.8 Å². The molecule has 1 aromatic carbocycles. The molecule has 4 heterocycles. The highest BCUT2D eigenvalue weighted by Crippen LogP contribution is 2.31. The van der Waals surface area contributed by atoms with Crippen molar-refractivity contribution in [1.82, 2.24) is 14.2 Å². The second-order valence-electron chi connectivity index (χ2n) is 7.88. The van der Waals surface area contributed by atoms with Crippen LogP contribution in [0.25, 0.3) is 10.2 Å². The molecule has 0 radical (unpaired) electrons. The first-order valence-electron chi connectivity index (χ1n) is 10.5. The molecule has 5 rings (SSSR count). The second-order valence-corrected chi connectivity index (χ2v) is 11.8. The van der Waals surface area contributed by atoms with E-state index in [4.69, 9.17) is 0 Å². The minimum Gasteiger partial charge on any atom is -0.326 e. The maximum atomic E-state index is 12.9. The predicted molar refractivity (Wildman–Crippen MR) is 125 cm³/mol. The van der Waals surface area contributed by atoms with Crippen LogP contribution in [0, 0.1) is 0 Å². The lowest BCUT2D eigenvalue weighted by atomic mass is 10.2. The third-order valence-corrected chi connectivity index (χ3v) is 9.53. The molecule has 0 saturated carbocycles. The van der Waals surface area contributed by atoms with E-state index < -0.39 is 16.1 Å². The Labute approximate surface area is 193 Å². The zero-order valence-corrected chi connectivity index (χ0v) is 19.6. The molecule has 8 nitrogen and oxygen atoms in total. The van der Waals surface area contributed by atoms with Crippen molar-refractivity contribution >= 4 is 59.9 Å². The van der Waals surface area contributed by atoms with E-state index in [9.17, 15) is 18.0 Å². The van der Waals surface area contributed by atoms with Crippen LogP contribution >= 0.6 is 22.7 Å². The van der Waals surface area contributed by atoms with Crippen LogP contribution < -0.4 is 5.32 Å². The number of carbonyl (C=O) groups excluding carboxylic acids is 2. The van der Waals surface area contributed by atoms with Crippen LogP contribution in [0.4, 0.5) is 5.13 Å². The minimum absolute atomic E-state index is 0.126. The fraction of sp³-hybridized carbons (Fsp3) is 0.381. The lowest BCUT2D eigenvalue weighted by Gasteiger charge is -2.22. The number of anilines is 1. The molecule has 32 heavy (non-hydrogen) atoms. The molecule has 168 valence electrons. The Balaban J connectivity index is 1.34. The molecule has 2 aliphatic rings. The summed E-state index contributed by atoms with van der Waals surface area (Å²) >= 11 is 2.60. The Bertz CT molecular complexity index is 1260. The van der Waals surface area contributed by atoms with Crippen LogP contribution in [0.1, 0.15) is 35.4 Å². The summed E-state index contributed by atoms with van der Waals surface area (Å²) < 4.78 is 27.9. The summed E-state index contributed by atoms with van der Waals surface area (Å²) in [7, 11) is -3.51. The summed E-state index contributed by atoms with van der Waals surface area (Å²) in [6.07, 6.45) is 3.13. The number of rotatable bonds is 5. The lowest BCUT2D eigenvalue weighted by molar-refractivity contribution is -0.119. The molecule has 1 atom stereocenters. The SMILES string of the molecule is O=C(Nc1nc2ccc(S(=O)(=O)N3CCCC3)cc2s1)[C@@H]1CCCN1C(=O)c1cccs1. The summed E-state index contributed by atoms with van der Waals surface area (Å²) in [6.45, 7) is 1.64. The highest BCUT2D eigenvalue weighted by molar-refractivity contribution is 7.89. The molecule has 2 aliphatic heterocycles. The molecule has 2 aromatic heterocycles. The summed E-state index contributed by atoms with van der Waals surface area (Å²) in [5.41, 5.74) is 0.628. The number of thiazole rings is 1. The van der Waals surface area contributed by atoms with Crippen molar-refractivity contribution < 1.29 is 18.0 Å². The van der Waals surface area contributed by atoms with E-state index >= 15 is 0 Å². The van der Waals surface area contributed by atoms with Gasteiger partial charge in [0.05, 0.1) is 20.0 Å². The fourth-order valence-corrected chi connectivity index (χ4v) is 7.41. The van der Waals surface area contributed by atoms with E-state index in [-0.39, 0.29) is 16.7 Å². The summed E-state index contributed by atoms with van der Waals surface area (Å²) in [5, 5.41) is 5.08. The lowest BCUT2D eigenvalue weighted by Crippen LogP contribution is -2.42. The van der Waals surface area contributed by atoms with Crippen LogP contribution in [-0.4, -0.2) is 60.1 Å². The average molecular weight is 491 g/mol. The van der Waals surface area contributed by atoms with Crippen LogP contribution in [0.15, 0.2) is 40.6 Å². The maximum absolute atomic E-state index is 12.9. The normalized spacial score (nSPS) is 19.6. The topological polar surface area (TPSA) is 99.7 Å². The zero-order valence-electron chi connectivity index (χ0n) is 17.2. The van der Waals surface area contributed by atoms with Gasteiger partial charge in [0.25, 0.3) is 5.91 Å². The first-order valence-corrected chi connectivity index (χ1v) is 13.6. The number of fused-ring (bicyclic) bond motifs is 1. The number of nitrogens with one attached hydrogen (secondary N) is 1. The van der Waals surface area contributed by atoms with Gasteiger partial charge in [-0.1, -0.05) is 17.4 Å². The van der Waals surface area contributed by atoms with Gasteiger partial charge in [-0.25, -0.2) is 13.4 Å². The van der Waals surface area contributed by atoms with Crippen LogP contribution in [0.5, 0.6) is 0 Å². The van der Waals surface area contributed by atoms with Crippen molar-refractivity contribution in [2.45, 2.75) is 36.6 Å². The molecule has 2 amide bonds. The maximum Gasteiger partial charge on any atom is 0.264 e. The first kappa shape index (κ1) is 21.5. The summed E-state index contributed by atoms with van der Waals surface area (Å²) in [5.74, 6) is -0.393. The van der Waals surface area contributed by atoms with E-state index in [1.807, 2.05) is 11.4 Å². The van der Waals surface area contributed by atoms with E-state index in [1.54, 1.807) is 29.2 Å². The van der Waals surface area contributed by atoms with E-state index in [1.165, 1.54) is 27.0 Å². The second kappa shape index (κ2) is 8.54. The van der Waals surface area contributed by atoms with Gasteiger partial charge in [0.15, 0.2) is 5.13 Å². The molecule has 3 aromatic rings. The van der Waals surface area contributed by atoms with Crippen molar-refractivity contribution in [1.29, 1.82) is 0 Å². The highest BCUT2D eigenvalue weighted by Gasteiger charge is 2.35. The number of amides is 2. The Morgan fingerprint density at radius 3 is 2.66 bits per heavy atom. The number of nitrogens with zero attached hydrogens (tertiary/aromatic N) is 3. The number of aromatic nitrogens is 1. The molecule has 2 saturated heterocycles. The molecule has 0 unspecified atom stereocenters. The molecule has 0 spiro atoms. The molecular weight excluding hydrogens is 468 g/mol. The largest absolute Gasteiger partial charge is 0.326 e. The van der Waals surface area contributed by atoms with Crippen molar-refractivity contribution in [3.05, 3.63) is 40.6 Å². The van der Waals surface area contributed by atoms with Crippen molar-refractivity contribution in [3.8, 4) is 0 Å². The smallest absolute Gasteiger partial charge is 0.264 e. The van der Waals surface area contributed by atoms with Gasteiger partial charge in [-0.2, -0.15) is 4.31 Å². The number of hydrogen-bond donors (Lipinski definition) is 1. The van der Waals surface area contributed by atoms with Crippen molar-refractivity contribution in [2.75, 3.05) is 25.0 Å². The summed E-state index contributed by atoms with van der Waals surface area (Å²) in [6, 6.07) is 7.91. The number of sulfonamides is 1. The molecular formula is C21H22N4O4S3. The third kappa shape index (κ3) is 3.94.